The molecule has 1 atom stereocenters. The lowest BCUT2D eigenvalue weighted by Crippen LogP contribution is -2.38. The number of nitrogens with zero attached hydrogens (tertiary/aromatic N) is 1. The third-order valence-electron chi connectivity index (χ3n) is 4.13. The lowest BCUT2D eigenvalue weighted by Gasteiger charge is -2.36. The summed E-state index contributed by atoms with van der Waals surface area (Å²) in [5.74, 6) is 0.418. The van der Waals surface area contributed by atoms with E-state index < -0.39 is 0 Å². The van der Waals surface area contributed by atoms with Crippen LogP contribution < -0.4 is 5.32 Å². The number of benzene rings is 1. The number of nitrogens with one attached hydrogen (secondary N) is 1. The van der Waals surface area contributed by atoms with Gasteiger partial charge in [0.05, 0.1) is 0 Å². The maximum absolute atomic E-state index is 13.0. The summed E-state index contributed by atoms with van der Waals surface area (Å²) in [6.07, 6.45) is 2.35. The van der Waals surface area contributed by atoms with Crippen LogP contribution in [0, 0.1) is 11.7 Å². The number of likely N-dealkylation sites (tertiary alicyclic amines) is 1. The van der Waals surface area contributed by atoms with Gasteiger partial charge in [0.1, 0.15) is 11.6 Å². The van der Waals surface area contributed by atoms with Crippen LogP contribution in [0.1, 0.15) is 31.4 Å². The number of aromatic hydroxyl groups is 1. The van der Waals surface area contributed by atoms with Gasteiger partial charge >= 0.3 is 0 Å². The molecule has 0 amide bonds. The summed E-state index contributed by atoms with van der Waals surface area (Å²) in [6.45, 7) is 5.21. The molecular formula is C15H23FN2O. The van der Waals surface area contributed by atoms with E-state index in [4.69, 9.17) is 0 Å². The quantitative estimate of drug-likeness (QED) is 0.879. The Balaban J connectivity index is 1.99. The molecule has 1 aromatic rings. The Labute approximate surface area is 114 Å². The molecule has 0 aromatic heterocycles. The third-order valence-corrected chi connectivity index (χ3v) is 4.13. The number of halogens is 1. The molecule has 1 aromatic carbocycles. The van der Waals surface area contributed by atoms with Crippen molar-refractivity contribution in [1.82, 2.24) is 10.2 Å². The Kier molecular flexibility index (Phi) is 4.77. The maximum Gasteiger partial charge on any atom is 0.126 e. The highest BCUT2D eigenvalue weighted by Crippen LogP contribution is 2.31. The molecule has 4 heteroatoms. The number of piperidine rings is 1. The Hall–Kier alpha value is -1.13. The molecular weight excluding hydrogens is 243 g/mol. The van der Waals surface area contributed by atoms with Gasteiger partial charge in [-0.25, -0.2) is 4.39 Å². The molecule has 2 N–H and O–H groups in total. The summed E-state index contributed by atoms with van der Waals surface area (Å²) >= 11 is 0. The van der Waals surface area contributed by atoms with E-state index in [1.54, 1.807) is 6.07 Å². The molecule has 1 aliphatic heterocycles. The molecule has 1 fully saturated rings. The average Bonchev–Trinajstić information content (AvgIpc) is 2.39. The molecule has 0 saturated carbocycles. The van der Waals surface area contributed by atoms with E-state index in [0.29, 0.717) is 0 Å². The highest BCUT2D eigenvalue weighted by atomic mass is 19.1. The molecule has 0 aliphatic carbocycles. The lowest BCUT2D eigenvalue weighted by atomic mass is 9.94. The molecule has 0 radical (unpaired) electrons. The van der Waals surface area contributed by atoms with Gasteiger partial charge in [-0.05, 0) is 58.4 Å². The lowest BCUT2D eigenvalue weighted by molar-refractivity contribution is 0.139. The summed E-state index contributed by atoms with van der Waals surface area (Å²) in [6, 6.07) is 4.43. The fourth-order valence-corrected chi connectivity index (χ4v) is 2.90. The Bertz CT molecular complexity index is 417. The summed E-state index contributed by atoms with van der Waals surface area (Å²) in [7, 11) is 1.99. The Morgan fingerprint density at radius 1 is 1.42 bits per heavy atom. The van der Waals surface area contributed by atoms with E-state index in [-0.39, 0.29) is 17.6 Å². The topological polar surface area (TPSA) is 35.5 Å². The zero-order valence-electron chi connectivity index (χ0n) is 11.7. The SMILES string of the molecule is CNCC1CCN(C(C)c2ccc(F)cc2O)CC1. The van der Waals surface area contributed by atoms with E-state index in [2.05, 4.69) is 17.1 Å². The molecule has 1 heterocycles. The van der Waals surface area contributed by atoms with E-state index >= 15 is 0 Å². The average molecular weight is 266 g/mol. The van der Waals surface area contributed by atoms with Gasteiger partial charge in [0.15, 0.2) is 0 Å². The Morgan fingerprint density at radius 3 is 2.68 bits per heavy atom. The smallest absolute Gasteiger partial charge is 0.126 e. The van der Waals surface area contributed by atoms with Gasteiger partial charge < -0.3 is 10.4 Å². The second-order valence-electron chi connectivity index (χ2n) is 5.42. The van der Waals surface area contributed by atoms with Crippen molar-refractivity contribution in [2.24, 2.45) is 5.92 Å². The van der Waals surface area contributed by atoms with Crippen LogP contribution in [0.15, 0.2) is 18.2 Å². The van der Waals surface area contributed by atoms with Crippen LogP contribution in [0.2, 0.25) is 0 Å². The minimum Gasteiger partial charge on any atom is -0.508 e. The summed E-state index contributed by atoms with van der Waals surface area (Å²) < 4.78 is 13.0. The normalized spacial score (nSPS) is 19.5. The molecule has 106 valence electrons. The highest BCUT2D eigenvalue weighted by molar-refractivity contribution is 5.35. The molecule has 3 nitrogen and oxygen atoms in total. The summed E-state index contributed by atoms with van der Waals surface area (Å²) in [5.41, 5.74) is 0.813. The molecule has 19 heavy (non-hydrogen) atoms. The maximum atomic E-state index is 13.0. The number of hydrogen-bond donors (Lipinski definition) is 2. The molecule has 1 unspecified atom stereocenters. The van der Waals surface area contributed by atoms with Crippen molar-refractivity contribution in [3.05, 3.63) is 29.6 Å². The number of phenolic OH excluding ortho intramolecular Hbond substituents is 1. The minimum atomic E-state index is -0.388. The largest absolute Gasteiger partial charge is 0.508 e. The van der Waals surface area contributed by atoms with Gasteiger partial charge in [-0.3, -0.25) is 4.90 Å². The van der Waals surface area contributed by atoms with Crippen LogP contribution in [0.5, 0.6) is 5.75 Å². The van der Waals surface area contributed by atoms with E-state index in [0.717, 1.165) is 31.1 Å². The summed E-state index contributed by atoms with van der Waals surface area (Å²) in [5, 5.41) is 13.1. The van der Waals surface area contributed by atoms with Crippen molar-refractivity contribution in [3.63, 3.8) is 0 Å². The number of phenols is 1. The first kappa shape index (κ1) is 14.3. The highest BCUT2D eigenvalue weighted by Gasteiger charge is 2.24. The van der Waals surface area contributed by atoms with Gasteiger partial charge in [-0.15, -0.1) is 0 Å². The van der Waals surface area contributed by atoms with E-state index in [9.17, 15) is 9.50 Å². The first-order valence-corrected chi connectivity index (χ1v) is 6.99. The number of hydrogen-bond acceptors (Lipinski definition) is 3. The van der Waals surface area contributed by atoms with Crippen molar-refractivity contribution in [1.29, 1.82) is 0 Å². The van der Waals surface area contributed by atoms with Crippen LogP contribution in [-0.2, 0) is 0 Å². The first-order chi connectivity index (χ1) is 9.11. The minimum absolute atomic E-state index is 0.0600. The third kappa shape index (κ3) is 3.45. The van der Waals surface area contributed by atoms with Gasteiger partial charge in [0, 0.05) is 17.7 Å². The Morgan fingerprint density at radius 2 is 2.11 bits per heavy atom. The van der Waals surface area contributed by atoms with Crippen molar-refractivity contribution >= 4 is 0 Å². The first-order valence-electron chi connectivity index (χ1n) is 6.99. The summed E-state index contributed by atoms with van der Waals surface area (Å²) in [4.78, 5) is 2.36. The molecule has 1 aliphatic rings. The predicted octanol–water partition coefficient (Wildman–Crippen LogP) is 2.52. The van der Waals surface area contributed by atoms with Crippen LogP contribution >= 0.6 is 0 Å². The predicted molar refractivity (Wildman–Crippen MR) is 74.7 cm³/mol. The standard InChI is InChI=1S/C15H23FN2O/c1-11(14-4-3-13(16)9-15(14)19)18-7-5-12(6-8-18)10-17-2/h3-4,9,11-12,17,19H,5-8,10H2,1-2H3. The van der Waals surface area contributed by atoms with Crippen LogP contribution in [0.3, 0.4) is 0 Å². The van der Waals surface area contributed by atoms with Crippen molar-refractivity contribution in [3.8, 4) is 5.75 Å². The van der Waals surface area contributed by atoms with Gasteiger partial charge in [0.25, 0.3) is 0 Å². The van der Waals surface area contributed by atoms with Gasteiger partial charge in [-0.1, -0.05) is 6.07 Å². The van der Waals surface area contributed by atoms with E-state index in [1.165, 1.54) is 25.0 Å². The zero-order chi connectivity index (χ0) is 13.8. The fourth-order valence-electron chi connectivity index (χ4n) is 2.90. The van der Waals surface area contributed by atoms with Gasteiger partial charge in [-0.2, -0.15) is 0 Å². The van der Waals surface area contributed by atoms with Gasteiger partial charge in [0.2, 0.25) is 0 Å². The fraction of sp³-hybridized carbons (Fsp3) is 0.600. The van der Waals surface area contributed by atoms with E-state index in [1.807, 2.05) is 7.05 Å². The van der Waals surface area contributed by atoms with Crippen LogP contribution in [0.4, 0.5) is 4.39 Å². The second kappa shape index (κ2) is 6.35. The van der Waals surface area contributed by atoms with Crippen LogP contribution in [-0.4, -0.2) is 36.7 Å². The molecule has 1 saturated heterocycles. The zero-order valence-corrected chi connectivity index (χ0v) is 11.7. The second-order valence-corrected chi connectivity index (χ2v) is 5.42. The van der Waals surface area contributed by atoms with Crippen molar-refractivity contribution < 1.29 is 9.50 Å². The van der Waals surface area contributed by atoms with Crippen molar-refractivity contribution in [2.45, 2.75) is 25.8 Å². The monoisotopic (exact) mass is 266 g/mol. The molecule has 0 spiro atoms. The number of rotatable bonds is 4. The molecule has 0 bridgehead atoms. The molecule has 2 rings (SSSR count). The van der Waals surface area contributed by atoms with Crippen LogP contribution in [0.25, 0.3) is 0 Å². The van der Waals surface area contributed by atoms with Crippen molar-refractivity contribution in [2.75, 3.05) is 26.7 Å².